The lowest BCUT2D eigenvalue weighted by Gasteiger charge is -2.31. The van der Waals surface area contributed by atoms with Crippen LogP contribution < -0.4 is 25.4 Å². The summed E-state index contributed by atoms with van der Waals surface area (Å²) < 4.78 is 11.1. The molecule has 1 atom stereocenters. The highest BCUT2D eigenvalue weighted by Crippen LogP contribution is 2.29. The van der Waals surface area contributed by atoms with E-state index in [1.807, 2.05) is 29.2 Å². The molecule has 2 saturated heterocycles. The molecule has 3 amide bonds. The summed E-state index contributed by atoms with van der Waals surface area (Å²) in [6.07, 6.45) is 6.79. The summed E-state index contributed by atoms with van der Waals surface area (Å²) in [5.74, 6) is 0.643. The van der Waals surface area contributed by atoms with Gasteiger partial charge in [0.15, 0.2) is 5.11 Å². The first-order chi connectivity index (χ1) is 21.3. The highest BCUT2D eigenvalue weighted by atomic mass is 32.1. The highest BCUT2D eigenvalue weighted by molar-refractivity contribution is 7.80. The summed E-state index contributed by atoms with van der Waals surface area (Å²) in [5.41, 5.74) is 6.75. The van der Waals surface area contributed by atoms with Gasteiger partial charge in [-0.3, -0.25) is 19.3 Å². The predicted octanol–water partition coefficient (Wildman–Crippen LogP) is 4.57. The van der Waals surface area contributed by atoms with Gasteiger partial charge in [-0.25, -0.2) is 0 Å². The Balaban J connectivity index is 1.38. The Morgan fingerprint density at radius 3 is 2.27 bits per heavy atom. The lowest BCUT2D eigenvalue weighted by Crippen LogP contribution is -2.41. The zero-order valence-corrected chi connectivity index (χ0v) is 26.7. The average molecular weight is 624 g/mol. The number of unbranched alkanes of at least 4 members (excludes halogenated alkanes) is 3. The molecule has 2 aromatic carbocycles. The molecule has 2 aromatic rings. The first-order valence-corrected chi connectivity index (χ1v) is 16.0. The standard InChI is InChI=1S/C33H45N5O5S/c1-3-4-5-6-22-43-28-12-8-25(9-13-28)35-30(39)23-29-32(41)38(26-10-14-27(42-2)15-11-26)33(44)37(29)19-7-18-36-20-16-24(17-21-36)31(34)40/h8-15,24,29H,3-7,16-23H2,1-2H3,(H2,34,40)(H,35,39)/t29-/m0/s1. The third kappa shape index (κ3) is 8.92. The lowest BCUT2D eigenvalue weighted by molar-refractivity contribution is -0.124. The van der Waals surface area contributed by atoms with Gasteiger partial charge in [-0.2, -0.15) is 0 Å². The minimum atomic E-state index is -0.726. The monoisotopic (exact) mass is 623 g/mol. The van der Waals surface area contributed by atoms with Gasteiger partial charge < -0.3 is 30.3 Å². The Morgan fingerprint density at radius 1 is 0.955 bits per heavy atom. The van der Waals surface area contributed by atoms with Crippen LogP contribution in [0.3, 0.4) is 0 Å². The number of carbonyl (C=O) groups excluding carboxylic acids is 3. The molecule has 2 fully saturated rings. The number of ether oxygens (including phenoxy) is 2. The first kappa shape index (κ1) is 33.2. The zero-order valence-electron chi connectivity index (χ0n) is 25.8. The van der Waals surface area contributed by atoms with E-state index < -0.39 is 6.04 Å². The van der Waals surface area contributed by atoms with Crippen LogP contribution in [0.15, 0.2) is 48.5 Å². The van der Waals surface area contributed by atoms with Gasteiger partial charge in [-0.05, 0) is 106 Å². The number of methoxy groups -OCH3 is 1. The second kappa shape index (κ2) is 16.4. The van der Waals surface area contributed by atoms with E-state index in [1.54, 1.807) is 31.4 Å². The number of thiocarbonyl (C=S) groups is 1. The van der Waals surface area contributed by atoms with Gasteiger partial charge in [0, 0.05) is 18.2 Å². The number of nitrogens with one attached hydrogen (secondary N) is 1. The summed E-state index contributed by atoms with van der Waals surface area (Å²) in [7, 11) is 1.59. The third-order valence-electron chi connectivity index (χ3n) is 8.30. The molecule has 3 N–H and O–H groups in total. The Hall–Kier alpha value is -3.70. The van der Waals surface area contributed by atoms with Crippen molar-refractivity contribution in [3.05, 3.63) is 48.5 Å². The number of nitrogens with zero attached hydrogens (tertiary/aromatic N) is 3. The van der Waals surface area contributed by atoms with Crippen molar-refractivity contribution in [1.29, 1.82) is 0 Å². The number of hydrogen-bond acceptors (Lipinski definition) is 7. The van der Waals surface area contributed by atoms with Gasteiger partial charge in [0.2, 0.25) is 11.8 Å². The molecule has 0 spiro atoms. The summed E-state index contributed by atoms with van der Waals surface area (Å²) >= 11 is 5.82. The minimum absolute atomic E-state index is 0.0364. The molecule has 10 nitrogen and oxygen atoms in total. The molecule has 0 radical (unpaired) electrons. The maximum atomic E-state index is 13.8. The lowest BCUT2D eigenvalue weighted by atomic mass is 9.96. The summed E-state index contributed by atoms with van der Waals surface area (Å²) in [4.78, 5) is 44.2. The second-order valence-electron chi connectivity index (χ2n) is 11.4. The fraction of sp³-hybridized carbons (Fsp3) is 0.515. The van der Waals surface area contributed by atoms with Crippen LogP contribution in [0.5, 0.6) is 11.5 Å². The van der Waals surface area contributed by atoms with Crippen molar-refractivity contribution >= 4 is 46.4 Å². The molecule has 0 aromatic heterocycles. The van der Waals surface area contributed by atoms with E-state index in [2.05, 4.69) is 17.1 Å². The molecule has 44 heavy (non-hydrogen) atoms. The minimum Gasteiger partial charge on any atom is -0.497 e. The van der Waals surface area contributed by atoms with Gasteiger partial charge in [0.1, 0.15) is 17.5 Å². The Morgan fingerprint density at radius 2 is 1.64 bits per heavy atom. The largest absolute Gasteiger partial charge is 0.497 e. The predicted molar refractivity (Wildman–Crippen MR) is 176 cm³/mol. The van der Waals surface area contributed by atoms with E-state index in [4.69, 9.17) is 27.4 Å². The molecule has 0 unspecified atom stereocenters. The number of rotatable bonds is 16. The molecule has 2 aliphatic rings. The smallest absolute Gasteiger partial charge is 0.256 e. The van der Waals surface area contributed by atoms with Crippen LogP contribution in [0.2, 0.25) is 0 Å². The second-order valence-corrected chi connectivity index (χ2v) is 11.8. The van der Waals surface area contributed by atoms with Crippen molar-refractivity contribution in [2.45, 2.75) is 64.3 Å². The molecular weight excluding hydrogens is 578 g/mol. The molecule has 4 rings (SSSR count). The Kier molecular flexibility index (Phi) is 12.4. The van der Waals surface area contributed by atoms with Gasteiger partial charge in [0.05, 0.1) is 25.8 Å². The maximum absolute atomic E-state index is 13.8. The molecule has 11 heteroatoms. The molecule has 238 valence electrons. The van der Waals surface area contributed by atoms with Crippen LogP contribution in [0.25, 0.3) is 0 Å². The topological polar surface area (TPSA) is 117 Å². The Bertz CT molecular complexity index is 1260. The number of benzene rings is 2. The molecule has 2 heterocycles. The molecule has 0 aliphatic carbocycles. The van der Waals surface area contributed by atoms with Crippen molar-refractivity contribution in [2.24, 2.45) is 11.7 Å². The number of hydrogen-bond donors (Lipinski definition) is 2. The number of likely N-dealkylation sites (tertiary alicyclic amines) is 1. The Labute approximate surface area is 265 Å². The normalized spacial score (nSPS) is 17.6. The van der Waals surface area contributed by atoms with Crippen molar-refractivity contribution in [3.63, 3.8) is 0 Å². The summed E-state index contributed by atoms with van der Waals surface area (Å²) in [6, 6.07) is 13.7. The fourth-order valence-electron chi connectivity index (χ4n) is 5.70. The van der Waals surface area contributed by atoms with E-state index in [0.717, 1.165) is 57.5 Å². The van der Waals surface area contributed by atoms with E-state index in [-0.39, 0.29) is 30.1 Å². The van der Waals surface area contributed by atoms with Crippen LogP contribution in [0, 0.1) is 5.92 Å². The van der Waals surface area contributed by atoms with Crippen LogP contribution >= 0.6 is 12.2 Å². The van der Waals surface area contributed by atoms with E-state index in [1.165, 1.54) is 17.7 Å². The molecule has 2 aliphatic heterocycles. The maximum Gasteiger partial charge on any atom is 0.256 e. The van der Waals surface area contributed by atoms with Gasteiger partial charge in [0.25, 0.3) is 5.91 Å². The third-order valence-corrected chi connectivity index (χ3v) is 8.71. The number of nitrogens with two attached hydrogens (primary N) is 1. The number of piperidine rings is 1. The van der Waals surface area contributed by atoms with Crippen LogP contribution in [0.4, 0.5) is 11.4 Å². The first-order valence-electron chi connectivity index (χ1n) is 15.6. The van der Waals surface area contributed by atoms with E-state index >= 15 is 0 Å². The van der Waals surface area contributed by atoms with Gasteiger partial charge in [-0.1, -0.05) is 26.2 Å². The summed E-state index contributed by atoms with van der Waals surface area (Å²) in [6.45, 7) is 5.79. The number of amides is 3. The fourth-order valence-corrected chi connectivity index (χ4v) is 6.12. The van der Waals surface area contributed by atoms with Crippen LogP contribution in [-0.4, -0.2) is 78.6 Å². The van der Waals surface area contributed by atoms with Crippen molar-refractivity contribution in [2.75, 3.05) is 50.1 Å². The van der Waals surface area contributed by atoms with Crippen LogP contribution in [-0.2, 0) is 14.4 Å². The summed E-state index contributed by atoms with van der Waals surface area (Å²) in [5, 5.41) is 3.31. The molecular formula is C33H45N5O5S. The molecule has 0 bridgehead atoms. The number of anilines is 2. The average Bonchev–Trinajstić information content (AvgIpc) is 3.25. The van der Waals surface area contributed by atoms with Crippen molar-refractivity contribution < 1.29 is 23.9 Å². The molecule has 0 saturated carbocycles. The number of primary amides is 1. The van der Waals surface area contributed by atoms with Crippen LogP contribution in [0.1, 0.15) is 58.3 Å². The zero-order chi connectivity index (χ0) is 31.5. The SMILES string of the molecule is CCCCCCOc1ccc(NC(=O)C[C@H]2C(=O)N(c3ccc(OC)cc3)C(=S)N2CCCN2CCC(C(N)=O)CC2)cc1. The van der Waals surface area contributed by atoms with Gasteiger partial charge in [-0.15, -0.1) is 0 Å². The van der Waals surface area contributed by atoms with Gasteiger partial charge >= 0.3 is 0 Å². The van der Waals surface area contributed by atoms with Crippen molar-refractivity contribution in [3.8, 4) is 11.5 Å². The number of carbonyl (C=O) groups is 3. The van der Waals surface area contributed by atoms with E-state index in [0.29, 0.717) is 35.4 Å². The van der Waals surface area contributed by atoms with E-state index in [9.17, 15) is 14.4 Å². The quantitative estimate of drug-likeness (QED) is 0.206. The van der Waals surface area contributed by atoms with Crippen molar-refractivity contribution in [1.82, 2.24) is 9.80 Å². The highest BCUT2D eigenvalue weighted by Gasteiger charge is 2.44.